The molecule has 19 heavy (non-hydrogen) atoms. The van der Waals surface area contributed by atoms with Gasteiger partial charge in [-0.3, -0.25) is 0 Å². The van der Waals surface area contributed by atoms with Crippen molar-refractivity contribution in [1.82, 2.24) is 0 Å². The fourth-order valence-corrected chi connectivity index (χ4v) is 1.82. The summed E-state index contributed by atoms with van der Waals surface area (Å²) >= 11 is 3.35. The van der Waals surface area contributed by atoms with Crippen LogP contribution in [-0.2, 0) is 0 Å². The topological polar surface area (TPSA) is 52.3 Å². The maximum Gasteiger partial charge on any atom is 0.410 e. The summed E-state index contributed by atoms with van der Waals surface area (Å²) in [7, 11) is 0. The first-order chi connectivity index (χ1) is 9.15. The fourth-order valence-electron chi connectivity index (χ4n) is 1.46. The van der Waals surface area contributed by atoms with Crippen LogP contribution in [0.1, 0.15) is 11.1 Å². The van der Waals surface area contributed by atoms with Crippen LogP contribution in [0.15, 0.2) is 53.0 Å². The number of hydrogen-bond acceptors (Lipinski definition) is 2. The molecule has 1 amide bonds. The van der Waals surface area contributed by atoms with E-state index in [1.807, 2.05) is 30.3 Å². The van der Waals surface area contributed by atoms with Crippen molar-refractivity contribution in [2.45, 2.75) is 0 Å². The molecule has 0 saturated heterocycles. The number of nitrogens with two attached hydrogens (primary N) is 1. The molecule has 4 heteroatoms. The predicted molar refractivity (Wildman–Crippen MR) is 76.8 cm³/mol. The fraction of sp³-hybridized carbons (Fsp3) is 0. The lowest BCUT2D eigenvalue weighted by Gasteiger charge is -2.03. The van der Waals surface area contributed by atoms with Crippen LogP contribution in [0.25, 0.3) is 0 Å². The van der Waals surface area contributed by atoms with Crippen LogP contribution in [0.4, 0.5) is 4.79 Å². The van der Waals surface area contributed by atoms with Crippen molar-refractivity contribution >= 4 is 22.0 Å². The second-order valence-corrected chi connectivity index (χ2v) is 4.59. The van der Waals surface area contributed by atoms with Crippen molar-refractivity contribution in [3.8, 4) is 17.6 Å². The molecule has 0 radical (unpaired) electrons. The van der Waals surface area contributed by atoms with Gasteiger partial charge in [0, 0.05) is 10.0 Å². The third-order valence-corrected chi connectivity index (χ3v) is 2.76. The molecule has 0 saturated carbocycles. The second-order valence-electron chi connectivity index (χ2n) is 3.68. The molecule has 0 fully saturated rings. The van der Waals surface area contributed by atoms with Crippen molar-refractivity contribution < 1.29 is 9.53 Å². The molecule has 0 aliphatic carbocycles. The molecule has 2 N–H and O–H groups in total. The van der Waals surface area contributed by atoms with Gasteiger partial charge in [0.05, 0.1) is 5.56 Å². The molecule has 0 heterocycles. The summed E-state index contributed by atoms with van der Waals surface area (Å²) in [6, 6.07) is 14.7. The van der Waals surface area contributed by atoms with Crippen LogP contribution in [0.3, 0.4) is 0 Å². The number of rotatable bonds is 1. The van der Waals surface area contributed by atoms with Gasteiger partial charge in [0.2, 0.25) is 0 Å². The zero-order valence-corrected chi connectivity index (χ0v) is 11.5. The summed E-state index contributed by atoms with van der Waals surface area (Å²) in [5.74, 6) is 6.31. The Hall–Kier alpha value is -2.25. The molecule has 0 atom stereocenters. The van der Waals surface area contributed by atoms with Crippen molar-refractivity contribution in [3.05, 3.63) is 64.1 Å². The molecule has 3 nitrogen and oxygen atoms in total. The SMILES string of the molecule is NC(=O)Oc1ccc(Br)cc1C#Cc1ccccc1. The normalized spacial score (nSPS) is 9.32. The zero-order valence-electron chi connectivity index (χ0n) is 9.89. The molecule has 0 unspecified atom stereocenters. The molecule has 0 bridgehead atoms. The number of amides is 1. The Morgan fingerprint density at radius 1 is 1.11 bits per heavy atom. The third-order valence-electron chi connectivity index (χ3n) is 2.27. The zero-order chi connectivity index (χ0) is 13.7. The number of carbonyl (C=O) groups is 1. The minimum atomic E-state index is -0.856. The van der Waals surface area contributed by atoms with Crippen molar-refractivity contribution in [2.75, 3.05) is 0 Å². The van der Waals surface area contributed by atoms with E-state index in [2.05, 4.69) is 27.8 Å². The van der Waals surface area contributed by atoms with Crippen LogP contribution < -0.4 is 10.5 Å². The first-order valence-corrected chi connectivity index (χ1v) is 6.28. The lowest BCUT2D eigenvalue weighted by atomic mass is 10.1. The van der Waals surface area contributed by atoms with Gasteiger partial charge in [-0.05, 0) is 30.3 Å². The summed E-state index contributed by atoms with van der Waals surface area (Å²) < 4.78 is 5.75. The van der Waals surface area contributed by atoms with E-state index < -0.39 is 6.09 Å². The molecule has 94 valence electrons. The summed E-state index contributed by atoms with van der Waals surface area (Å²) in [6.45, 7) is 0. The van der Waals surface area contributed by atoms with Gasteiger partial charge in [-0.15, -0.1) is 0 Å². The van der Waals surface area contributed by atoms with E-state index in [-0.39, 0.29) is 0 Å². The van der Waals surface area contributed by atoms with E-state index in [4.69, 9.17) is 10.5 Å². The van der Waals surface area contributed by atoms with Gasteiger partial charge in [-0.1, -0.05) is 46.0 Å². The lowest BCUT2D eigenvalue weighted by molar-refractivity contribution is 0.210. The van der Waals surface area contributed by atoms with Crippen molar-refractivity contribution in [3.63, 3.8) is 0 Å². The Morgan fingerprint density at radius 3 is 2.53 bits per heavy atom. The van der Waals surface area contributed by atoms with E-state index in [1.165, 1.54) is 0 Å². The van der Waals surface area contributed by atoms with Gasteiger partial charge in [0.1, 0.15) is 5.75 Å². The summed E-state index contributed by atoms with van der Waals surface area (Å²) in [5.41, 5.74) is 6.49. The first-order valence-electron chi connectivity index (χ1n) is 5.49. The minimum absolute atomic E-state index is 0.346. The highest BCUT2D eigenvalue weighted by Gasteiger charge is 2.05. The first kappa shape index (κ1) is 13.2. The highest BCUT2D eigenvalue weighted by Crippen LogP contribution is 2.22. The minimum Gasteiger partial charge on any atom is -0.409 e. The number of primary amides is 1. The van der Waals surface area contributed by atoms with Gasteiger partial charge in [0.25, 0.3) is 0 Å². The van der Waals surface area contributed by atoms with E-state index in [1.54, 1.807) is 18.2 Å². The number of benzene rings is 2. The monoisotopic (exact) mass is 315 g/mol. The van der Waals surface area contributed by atoms with Crippen LogP contribution in [0.2, 0.25) is 0 Å². The number of hydrogen-bond donors (Lipinski definition) is 1. The Bertz CT molecular complexity index is 657. The maximum absolute atomic E-state index is 10.8. The largest absolute Gasteiger partial charge is 0.410 e. The van der Waals surface area contributed by atoms with E-state index in [9.17, 15) is 4.79 Å². The Morgan fingerprint density at radius 2 is 1.84 bits per heavy atom. The average Bonchev–Trinajstić information content (AvgIpc) is 2.40. The van der Waals surface area contributed by atoms with Crippen molar-refractivity contribution in [2.24, 2.45) is 5.73 Å². The molecule has 2 aromatic carbocycles. The van der Waals surface area contributed by atoms with E-state index in [0.29, 0.717) is 11.3 Å². The number of ether oxygens (including phenoxy) is 1. The number of carbonyl (C=O) groups excluding carboxylic acids is 1. The highest BCUT2D eigenvalue weighted by atomic mass is 79.9. The summed E-state index contributed by atoms with van der Waals surface area (Å²) in [5, 5.41) is 0. The molecule has 0 aromatic heterocycles. The lowest BCUT2D eigenvalue weighted by Crippen LogP contribution is -2.16. The van der Waals surface area contributed by atoms with E-state index >= 15 is 0 Å². The van der Waals surface area contributed by atoms with Gasteiger partial charge < -0.3 is 10.5 Å². The Labute approximate surface area is 119 Å². The molecule has 0 aliphatic heterocycles. The van der Waals surface area contributed by atoms with Crippen LogP contribution in [-0.4, -0.2) is 6.09 Å². The van der Waals surface area contributed by atoms with Gasteiger partial charge in [-0.2, -0.15) is 0 Å². The molecule has 2 rings (SSSR count). The molecular weight excluding hydrogens is 306 g/mol. The Kier molecular flexibility index (Phi) is 4.22. The highest BCUT2D eigenvalue weighted by molar-refractivity contribution is 9.10. The molecule has 0 spiro atoms. The smallest absolute Gasteiger partial charge is 0.409 e. The van der Waals surface area contributed by atoms with Crippen molar-refractivity contribution in [1.29, 1.82) is 0 Å². The molecule has 2 aromatic rings. The van der Waals surface area contributed by atoms with Crippen LogP contribution in [0.5, 0.6) is 5.75 Å². The second kappa shape index (κ2) is 6.07. The number of halogens is 1. The predicted octanol–water partition coefficient (Wildman–Crippen LogP) is 3.31. The maximum atomic E-state index is 10.8. The quantitative estimate of drug-likeness (QED) is 0.821. The third kappa shape index (κ3) is 3.87. The van der Waals surface area contributed by atoms with Gasteiger partial charge in [-0.25, -0.2) is 4.79 Å². The van der Waals surface area contributed by atoms with Crippen LogP contribution >= 0.6 is 15.9 Å². The van der Waals surface area contributed by atoms with E-state index in [0.717, 1.165) is 10.0 Å². The summed E-state index contributed by atoms with van der Waals surface area (Å²) in [6.07, 6.45) is -0.856. The summed E-state index contributed by atoms with van der Waals surface area (Å²) in [4.78, 5) is 10.8. The van der Waals surface area contributed by atoms with Gasteiger partial charge >= 0.3 is 6.09 Å². The van der Waals surface area contributed by atoms with Gasteiger partial charge in [0.15, 0.2) is 0 Å². The average molecular weight is 316 g/mol. The molecule has 0 aliphatic rings. The Balaban J connectivity index is 2.36. The standard InChI is InChI=1S/C15H10BrNO2/c16-13-8-9-14(19-15(17)18)12(10-13)7-6-11-4-2-1-3-5-11/h1-5,8-10H,(H2,17,18). The molecular formula is C15H10BrNO2. The van der Waals surface area contributed by atoms with Crippen LogP contribution in [0, 0.1) is 11.8 Å².